The molecule has 0 aliphatic rings. The van der Waals surface area contributed by atoms with Crippen molar-refractivity contribution in [2.75, 3.05) is 24.7 Å². The topological polar surface area (TPSA) is 84.7 Å². The number of nitrogens with one attached hydrogen (secondary N) is 2. The summed E-state index contributed by atoms with van der Waals surface area (Å²) in [6, 6.07) is 9.42. The number of benzene rings is 1. The summed E-state index contributed by atoms with van der Waals surface area (Å²) in [5.41, 5.74) is 2.67. The van der Waals surface area contributed by atoms with Gasteiger partial charge in [-0.25, -0.2) is 15.0 Å². The Balaban J connectivity index is 1.52. The Morgan fingerprint density at radius 1 is 1.11 bits per heavy atom. The average molecular weight is 382 g/mol. The third-order valence-electron chi connectivity index (χ3n) is 4.22. The third kappa shape index (κ3) is 4.65. The van der Waals surface area contributed by atoms with E-state index in [4.69, 9.17) is 0 Å². The normalized spacial score (nSPS) is 10.6. The maximum absolute atomic E-state index is 12.2. The summed E-state index contributed by atoms with van der Waals surface area (Å²) in [6.07, 6.45) is 5.27. The molecule has 0 aliphatic carbocycles. The maximum atomic E-state index is 12.2. The molecule has 2 N–H and O–H groups in total. The van der Waals surface area contributed by atoms with Crippen molar-refractivity contribution in [3.8, 4) is 5.82 Å². The lowest BCUT2D eigenvalue weighted by Gasteiger charge is -2.09. The molecule has 27 heavy (non-hydrogen) atoms. The second-order valence-electron chi connectivity index (χ2n) is 5.96. The van der Waals surface area contributed by atoms with Gasteiger partial charge in [-0.05, 0) is 44.4 Å². The van der Waals surface area contributed by atoms with E-state index in [1.165, 1.54) is 6.33 Å². The minimum atomic E-state index is -0.0858. The van der Waals surface area contributed by atoms with Gasteiger partial charge in [0.1, 0.15) is 24.3 Å². The minimum Gasteiger partial charge on any atom is -0.368 e. The molecule has 8 heteroatoms. The molecular weight excluding hydrogens is 360 g/mol. The van der Waals surface area contributed by atoms with E-state index in [0.717, 1.165) is 22.1 Å². The minimum absolute atomic E-state index is 0.0858. The van der Waals surface area contributed by atoms with E-state index < -0.39 is 0 Å². The van der Waals surface area contributed by atoms with E-state index >= 15 is 0 Å². The Kier molecular flexibility index (Phi) is 6.08. The van der Waals surface area contributed by atoms with E-state index in [-0.39, 0.29) is 5.91 Å². The molecule has 0 fully saturated rings. The van der Waals surface area contributed by atoms with Crippen molar-refractivity contribution < 1.29 is 4.79 Å². The lowest BCUT2D eigenvalue weighted by Crippen LogP contribution is -2.28. The number of aryl methyl sites for hydroxylation is 1. The summed E-state index contributed by atoms with van der Waals surface area (Å²) in [6.45, 7) is 5.01. The van der Waals surface area contributed by atoms with Gasteiger partial charge in [0.05, 0.1) is 5.69 Å². The Morgan fingerprint density at radius 2 is 1.89 bits per heavy atom. The number of imidazole rings is 1. The zero-order chi connectivity index (χ0) is 19.2. The van der Waals surface area contributed by atoms with Gasteiger partial charge in [-0.1, -0.05) is 0 Å². The first-order chi connectivity index (χ1) is 13.1. The first-order valence-corrected chi connectivity index (χ1v) is 9.80. The molecule has 7 nitrogen and oxygen atoms in total. The van der Waals surface area contributed by atoms with E-state index in [1.54, 1.807) is 18.1 Å². The van der Waals surface area contributed by atoms with Crippen LogP contribution in [0.4, 0.5) is 5.82 Å². The molecular formula is C19H22N6OS. The lowest BCUT2D eigenvalue weighted by molar-refractivity contribution is 0.0955. The molecule has 0 aliphatic heterocycles. The zero-order valence-electron chi connectivity index (χ0n) is 15.6. The predicted molar refractivity (Wildman–Crippen MR) is 108 cm³/mol. The van der Waals surface area contributed by atoms with Gasteiger partial charge in [-0.3, -0.25) is 9.36 Å². The van der Waals surface area contributed by atoms with Crippen molar-refractivity contribution in [3.63, 3.8) is 0 Å². The molecule has 2 heterocycles. The smallest absolute Gasteiger partial charge is 0.251 e. The number of anilines is 1. The Labute approximate surface area is 162 Å². The van der Waals surface area contributed by atoms with Crippen LogP contribution in [0.1, 0.15) is 21.7 Å². The third-order valence-corrected chi connectivity index (χ3v) is 4.96. The SMILES string of the molecule is CSc1ccc(C(=O)NCCNc2cc(-n3cnc(C)c3C)ncn2)cc1. The molecule has 3 rings (SSSR count). The zero-order valence-corrected chi connectivity index (χ0v) is 16.4. The van der Waals surface area contributed by atoms with Crippen LogP contribution in [0.2, 0.25) is 0 Å². The van der Waals surface area contributed by atoms with Crippen LogP contribution in [-0.2, 0) is 0 Å². The van der Waals surface area contributed by atoms with E-state index in [2.05, 4.69) is 25.6 Å². The van der Waals surface area contributed by atoms with Gasteiger partial charge in [0.2, 0.25) is 0 Å². The van der Waals surface area contributed by atoms with Crippen LogP contribution in [0.3, 0.4) is 0 Å². The van der Waals surface area contributed by atoms with E-state index in [1.807, 2.05) is 55.0 Å². The largest absolute Gasteiger partial charge is 0.368 e. The van der Waals surface area contributed by atoms with E-state index in [0.29, 0.717) is 24.5 Å². The van der Waals surface area contributed by atoms with Crippen molar-refractivity contribution in [3.05, 3.63) is 59.9 Å². The number of hydrogen-bond acceptors (Lipinski definition) is 6. The highest BCUT2D eigenvalue weighted by Gasteiger charge is 2.07. The standard InChI is InChI=1S/C19H22N6OS/c1-13-14(2)25(12-24-13)18-10-17(22-11-23-18)20-8-9-21-19(26)15-4-6-16(27-3)7-5-15/h4-7,10-12H,8-9H2,1-3H3,(H,21,26)(H,20,22,23). The average Bonchev–Trinajstić information content (AvgIpc) is 3.04. The number of nitrogens with zero attached hydrogens (tertiary/aromatic N) is 4. The number of carbonyl (C=O) groups is 1. The van der Waals surface area contributed by atoms with Crippen molar-refractivity contribution in [2.24, 2.45) is 0 Å². The Morgan fingerprint density at radius 3 is 2.56 bits per heavy atom. The molecule has 0 bridgehead atoms. The van der Waals surface area contributed by atoms with Gasteiger partial charge in [0.25, 0.3) is 5.91 Å². The molecule has 1 aromatic carbocycles. The molecule has 0 atom stereocenters. The quantitative estimate of drug-likeness (QED) is 0.483. The van der Waals surface area contributed by atoms with Gasteiger partial charge < -0.3 is 10.6 Å². The first kappa shape index (κ1) is 18.9. The van der Waals surface area contributed by atoms with Gasteiger partial charge >= 0.3 is 0 Å². The highest BCUT2D eigenvalue weighted by molar-refractivity contribution is 7.98. The fourth-order valence-corrected chi connectivity index (χ4v) is 2.92. The molecule has 2 aromatic heterocycles. The Hall–Kier alpha value is -2.87. The predicted octanol–water partition coefficient (Wildman–Crippen LogP) is 2.84. The fraction of sp³-hybridized carbons (Fsp3) is 0.263. The molecule has 0 unspecified atom stereocenters. The Bertz CT molecular complexity index is 922. The van der Waals surface area contributed by atoms with Gasteiger partial charge in [0.15, 0.2) is 0 Å². The molecule has 0 saturated heterocycles. The number of aromatic nitrogens is 4. The number of hydrogen-bond donors (Lipinski definition) is 2. The van der Waals surface area contributed by atoms with E-state index in [9.17, 15) is 4.79 Å². The van der Waals surface area contributed by atoms with Crippen molar-refractivity contribution in [1.82, 2.24) is 24.8 Å². The highest BCUT2D eigenvalue weighted by Crippen LogP contribution is 2.15. The fourth-order valence-electron chi connectivity index (χ4n) is 2.52. The molecule has 0 spiro atoms. The summed E-state index contributed by atoms with van der Waals surface area (Å²) >= 11 is 1.65. The van der Waals surface area contributed by atoms with Crippen LogP contribution < -0.4 is 10.6 Å². The molecule has 0 saturated carbocycles. The van der Waals surface area contributed by atoms with Crippen LogP contribution in [0.25, 0.3) is 5.82 Å². The molecule has 3 aromatic rings. The van der Waals surface area contributed by atoms with Crippen molar-refractivity contribution in [2.45, 2.75) is 18.7 Å². The highest BCUT2D eigenvalue weighted by atomic mass is 32.2. The van der Waals surface area contributed by atoms with Gasteiger partial charge in [-0.2, -0.15) is 0 Å². The summed E-state index contributed by atoms with van der Waals surface area (Å²) < 4.78 is 1.92. The summed E-state index contributed by atoms with van der Waals surface area (Å²) in [5.74, 6) is 1.37. The van der Waals surface area contributed by atoms with Gasteiger partial charge in [-0.15, -0.1) is 11.8 Å². The first-order valence-electron chi connectivity index (χ1n) is 8.57. The monoisotopic (exact) mass is 382 g/mol. The lowest BCUT2D eigenvalue weighted by atomic mass is 10.2. The maximum Gasteiger partial charge on any atom is 0.251 e. The summed E-state index contributed by atoms with van der Waals surface area (Å²) in [4.78, 5) is 26.1. The van der Waals surface area contributed by atoms with Crippen LogP contribution >= 0.6 is 11.8 Å². The van der Waals surface area contributed by atoms with Crippen LogP contribution in [0.15, 0.2) is 47.9 Å². The molecule has 1 amide bonds. The number of amides is 1. The van der Waals surface area contributed by atoms with Crippen LogP contribution in [-0.4, -0.2) is 44.8 Å². The van der Waals surface area contributed by atoms with Crippen LogP contribution in [0.5, 0.6) is 0 Å². The van der Waals surface area contributed by atoms with Crippen molar-refractivity contribution in [1.29, 1.82) is 0 Å². The van der Waals surface area contributed by atoms with Gasteiger partial charge in [0, 0.05) is 35.3 Å². The number of rotatable bonds is 7. The van der Waals surface area contributed by atoms with Crippen LogP contribution in [0, 0.1) is 13.8 Å². The van der Waals surface area contributed by atoms with Crippen molar-refractivity contribution >= 4 is 23.5 Å². The molecule has 0 radical (unpaired) electrons. The summed E-state index contributed by atoms with van der Waals surface area (Å²) in [5, 5.41) is 6.10. The summed E-state index contributed by atoms with van der Waals surface area (Å²) in [7, 11) is 0. The number of carbonyl (C=O) groups excluding carboxylic acids is 1. The molecule has 140 valence electrons. The second-order valence-corrected chi connectivity index (χ2v) is 6.84. The number of thioether (sulfide) groups is 1. The second kappa shape index (κ2) is 8.68.